The second-order valence-corrected chi connectivity index (χ2v) is 11.3. The van der Waals surface area contributed by atoms with Crippen molar-refractivity contribution in [2.45, 2.75) is 23.1 Å². The van der Waals surface area contributed by atoms with Gasteiger partial charge in [0.2, 0.25) is 10.0 Å². The van der Waals surface area contributed by atoms with Gasteiger partial charge in [-0.25, -0.2) is 21.6 Å². The number of aryl methyl sites for hydroxylation is 1. The molecule has 0 radical (unpaired) electrons. The van der Waals surface area contributed by atoms with Crippen LogP contribution in [0.25, 0.3) is 0 Å². The van der Waals surface area contributed by atoms with Gasteiger partial charge in [-0.1, -0.05) is 12.1 Å². The minimum absolute atomic E-state index is 0.00930. The Labute approximate surface area is 195 Å². The molecule has 11 heteroatoms. The molecule has 1 amide bonds. The molecule has 2 aromatic carbocycles. The van der Waals surface area contributed by atoms with Gasteiger partial charge in [0.25, 0.3) is 5.91 Å². The first-order chi connectivity index (χ1) is 15.5. The highest BCUT2D eigenvalue weighted by molar-refractivity contribution is 7.90. The number of rotatable bonds is 12. The number of hydrogen-bond donors (Lipinski definition) is 1. The van der Waals surface area contributed by atoms with Crippen LogP contribution in [0.3, 0.4) is 0 Å². The van der Waals surface area contributed by atoms with E-state index in [0.29, 0.717) is 29.8 Å². The van der Waals surface area contributed by atoms with E-state index in [1.165, 1.54) is 36.3 Å². The number of hydrogen-bond acceptors (Lipinski definition) is 7. The van der Waals surface area contributed by atoms with Gasteiger partial charge in [0.05, 0.1) is 23.0 Å². The quantitative estimate of drug-likeness (QED) is 0.444. The Kier molecular flexibility index (Phi) is 9.41. The maximum absolute atomic E-state index is 12.9. The molecule has 0 aromatic heterocycles. The van der Waals surface area contributed by atoms with E-state index in [9.17, 15) is 21.6 Å². The highest BCUT2D eigenvalue weighted by atomic mass is 32.2. The normalized spacial score (nSPS) is 11.9. The van der Waals surface area contributed by atoms with Gasteiger partial charge in [-0.15, -0.1) is 0 Å². The number of amides is 1. The Balaban J connectivity index is 1.98. The monoisotopic (exact) mass is 498 g/mol. The summed E-state index contributed by atoms with van der Waals surface area (Å²) < 4.78 is 61.1. The highest BCUT2D eigenvalue weighted by Crippen LogP contribution is 2.19. The topological polar surface area (TPSA) is 119 Å². The van der Waals surface area contributed by atoms with E-state index in [0.717, 1.165) is 6.26 Å². The molecule has 2 rings (SSSR count). The molecule has 182 valence electrons. The summed E-state index contributed by atoms with van der Waals surface area (Å²) in [6, 6.07) is 10.7. The molecule has 0 aliphatic carbocycles. The zero-order chi connectivity index (χ0) is 24.6. The molecule has 0 atom stereocenters. The maximum atomic E-state index is 12.9. The number of ether oxygens (including phenoxy) is 2. The minimum atomic E-state index is -3.76. The Morgan fingerprint density at radius 1 is 1.03 bits per heavy atom. The molecule has 0 saturated heterocycles. The molecule has 0 fully saturated rings. The van der Waals surface area contributed by atoms with Gasteiger partial charge in [-0.05, 0) is 49.2 Å². The smallest absolute Gasteiger partial charge is 0.253 e. The Bertz CT molecular complexity index is 1180. The van der Waals surface area contributed by atoms with Crippen molar-refractivity contribution in [1.29, 1.82) is 0 Å². The molecule has 0 bridgehead atoms. The first-order valence-corrected chi connectivity index (χ1v) is 13.6. The van der Waals surface area contributed by atoms with Gasteiger partial charge in [0.1, 0.15) is 5.75 Å². The van der Waals surface area contributed by atoms with Gasteiger partial charge in [0.15, 0.2) is 9.84 Å². The van der Waals surface area contributed by atoms with Crippen molar-refractivity contribution in [3.05, 3.63) is 53.6 Å². The summed E-state index contributed by atoms with van der Waals surface area (Å²) in [5.41, 5.74) is 0.963. The third kappa shape index (κ3) is 7.81. The summed E-state index contributed by atoms with van der Waals surface area (Å²) in [6.45, 7) is 2.76. The summed E-state index contributed by atoms with van der Waals surface area (Å²) in [7, 11) is -3.98. The number of benzene rings is 2. The number of carbonyl (C=O) groups excluding carboxylic acids is 1. The van der Waals surface area contributed by atoms with Gasteiger partial charge < -0.3 is 14.4 Å². The van der Waals surface area contributed by atoms with Gasteiger partial charge in [-0.3, -0.25) is 4.79 Å². The average molecular weight is 499 g/mol. The Hall–Kier alpha value is -2.47. The van der Waals surface area contributed by atoms with E-state index in [-0.39, 0.29) is 35.5 Å². The molecule has 0 unspecified atom stereocenters. The van der Waals surface area contributed by atoms with Crippen LogP contribution in [0.5, 0.6) is 5.75 Å². The SMILES string of the molecule is COCCNS(=O)(=O)c1ccc(C)c(C(=O)N(C)CCCOc2cccc(S(C)(=O)=O)c2)c1. The minimum Gasteiger partial charge on any atom is -0.493 e. The molecule has 9 nitrogen and oxygen atoms in total. The van der Waals surface area contributed by atoms with Crippen LogP contribution in [0.15, 0.2) is 52.3 Å². The predicted molar refractivity (Wildman–Crippen MR) is 125 cm³/mol. The predicted octanol–water partition coefficient (Wildman–Crippen LogP) is 1.86. The third-order valence-corrected chi connectivity index (χ3v) is 7.40. The summed E-state index contributed by atoms with van der Waals surface area (Å²) in [4.78, 5) is 14.6. The van der Waals surface area contributed by atoms with E-state index in [2.05, 4.69) is 4.72 Å². The van der Waals surface area contributed by atoms with Crippen LogP contribution in [0.2, 0.25) is 0 Å². The largest absolute Gasteiger partial charge is 0.493 e. The first-order valence-electron chi connectivity index (χ1n) is 10.2. The van der Waals surface area contributed by atoms with E-state index in [4.69, 9.17) is 9.47 Å². The van der Waals surface area contributed by atoms with E-state index < -0.39 is 19.9 Å². The number of nitrogens with one attached hydrogen (secondary N) is 1. The molecule has 0 spiro atoms. The van der Waals surface area contributed by atoms with Crippen molar-refractivity contribution in [3.8, 4) is 5.75 Å². The van der Waals surface area contributed by atoms with E-state index in [1.54, 1.807) is 32.2 Å². The second kappa shape index (κ2) is 11.6. The van der Waals surface area contributed by atoms with E-state index >= 15 is 0 Å². The lowest BCUT2D eigenvalue weighted by molar-refractivity contribution is 0.0787. The molecular formula is C22H30N2O7S2. The standard InChI is InChI=1S/C22H30N2O7S2/c1-17-9-10-20(33(28,29)23-11-14-30-3)16-21(17)22(25)24(2)12-6-13-31-18-7-5-8-19(15-18)32(4,26)27/h5,7-10,15-16,23H,6,11-14H2,1-4H3. The lowest BCUT2D eigenvalue weighted by Gasteiger charge is -2.19. The molecule has 2 aromatic rings. The summed E-state index contributed by atoms with van der Waals surface area (Å²) >= 11 is 0. The zero-order valence-corrected chi connectivity index (χ0v) is 20.8. The third-order valence-electron chi connectivity index (χ3n) is 4.83. The van der Waals surface area contributed by atoms with Crippen LogP contribution in [0.1, 0.15) is 22.3 Å². The number of sulfone groups is 1. The molecular weight excluding hydrogens is 468 g/mol. The molecule has 0 saturated carbocycles. The van der Waals surface area contributed by atoms with Crippen LogP contribution in [0, 0.1) is 6.92 Å². The molecule has 0 aliphatic rings. The fourth-order valence-electron chi connectivity index (χ4n) is 2.95. The highest BCUT2D eigenvalue weighted by Gasteiger charge is 2.20. The molecule has 1 N–H and O–H groups in total. The lowest BCUT2D eigenvalue weighted by atomic mass is 10.1. The van der Waals surface area contributed by atoms with Gasteiger partial charge >= 0.3 is 0 Å². The van der Waals surface area contributed by atoms with Gasteiger partial charge in [-0.2, -0.15) is 0 Å². The van der Waals surface area contributed by atoms with Gasteiger partial charge in [0, 0.05) is 39.1 Å². The van der Waals surface area contributed by atoms with Crippen molar-refractivity contribution in [2.75, 3.05) is 46.7 Å². The Morgan fingerprint density at radius 3 is 2.42 bits per heavy atom. The number of carbonyl (C=O) groups is 1. The summed E-state index contributed by atoms with van der Waals surface area (Å²) in [5.74, 6) is 0.127. The first kappa shape index (κ1) is 26.8. The molecule has 0 heterocycles. The van der Waals surface area contributed by atoms with Crippen LogP contribution < -0.4 is 9.46 Å². The average Bonchev–Trinajstić information content (AvgIpc) is 2.76. The zero-order valence-electron chi connectivity index (χ0n) is 19.2. The van der Waals surface area contributed by atoms with Crippen LogP contribution in [-0.2, 0) is 24.6 Å². The second-order valence-electron chi connectivity index (χ2n) is 7.54. The van der Waals surface area contributed by atoms with Crippen LogP contribution in [0.4, 0.5) is 0 Å². The number of sulfonamides is 1. The number of nitrogens with zero attached hydrogens (tertiary/aromatic N) is 1. The molecule has 33 heavy (non-hydrogen) atoms. The molecule has 0 aliphatic heterocycles. The van der Waals surface area contributed by atoms with Crippen LogP contribution >= 0.6 is 0 Å². The van der Waals surface area contributed by atoms with Crippen molar-refractivity contribution in [3.63, 3.8) is 0 Å². The fourth-order valence-corrected chi connectivity index (χ4v) is 4.65. The number of methoxy groups -OCH3 is 1. The van der Waals surface area contributed by atoms with Crippen molar-refractivity contribution >= 4 is 25.8 Å². The van der Waals surface area contributed by atoms with Crippen molar-refractivity contribution < 1.29 is 31.1 Å². The van der Waals surface area contributed by atoms with E-state index in [1.807, 2.05) is 0 Å². The lowest BCUT2D eigenvalue weighted by Crippen LogP contribution is -2.30. The maximum Gasteiger partial charge on any atom is 0.253 e. The Morgan fingerprint density at radius 2 is 1.76 bits per heavy atom. The van der Waals surface area contributed by atoms with Crippen LogP contribution in [-0.4, -0.2) is 74.4 Å². The summed E-state index contributed by atoms with van der Waals surface area (Å²) in [5, 5.41) is 0. The summed E-state index contributed by atoms with van der Waals surface area (Å²) in [6.07, 6.45) is 1.63. The van der Waals surface area contributed by atoms with Crippen molar-refractivity contribution in [1.82, 2.24) is 9.62 Å². The fraction of sp³-hybridized carbons (Fsp3) is 0.409. The van der Waals surface area contributed by atoms with Crippen molar-refractivity contribution in [2.24, 2.45) is 0 Å².